The van der Waals surface area contributed by atoms with E-state index in [1.165, 1.54) is 5.75 Å². The lowest BCUT2D eigenvalue weighted by atomic mass is 10.3. The van der Waals surface area contributed by atoms with Crippen molar-refractivity contribution in [3.8, 4) is 0 Å². The van der Waals surface area contributed by atoms with Gasteiger partial charge in [0.15, 0.2) is 5.96 Å². The molecule has 8 heteroatoms. The van der Waals surface area contributed by atoms with Crippen LogP contribution in [0.15, 0.2) is 23.3 Å². The zero-order valence-corrected chi connectivity index (χ0v) is 17.5. The highest BCUT2D eigenvalue weighted by atomic mass is 127. The molecule has 130 valence electrons. The van der Waals surface area contributed by atoms with Gasteiger partial charge in [-0.1, -0.05) is 11.6 Å². The highest BCUT2D eigenvalue weighted by molar-refractivity contribution is 14.0. The molecular weight excluding hydrogens is 445 g/mol. The maximum atomic E-state index is 6.22. The molecule has 5 nitrogen and oxygen atoms in total. The first-order chi connectivity index (χ1) is 10.7. The topological polar surface area (TPSA) is 52.6 Å². The van der Waals surface area contributed by atoms with Crippen LogP contribution in [0.4, 0.5) is 5.82 Å². The van der Waals surface area contributed by atoms with Crippen molar-refractivity contribution < 1.29 is 0 Å². The average molecular weight is 470 g/mol. The summed E-state index contributed by atoms with van der Waals surface area (Å²) in [4.78, 5) is 10.9. The minimum Gasteiger partial charge on any atom is -0.356 e. The van der Waals surface area contributed by atoms with Gasteiger partial charge in [-0.25, -0.2) is 4.98 Å². The van der Waals surface area contributed by atoms with Gasteiger partial charge in [-0.15, -0.1) is 24.0 Å². The second-order valence-corrected chi connectivity index (χ2v) is 6.62. The quantitative estimate of drug-likeness (QED) is 0.290. The monoisotopic (exact) mass is 469 g/mol. The number of hydrogen-bond donors (Lipinski definition) is 2. The number of guanidine groups is 1. The Labute approximate surface area is 165 Å². The number of halogens is 2. The molecule has 0 saturated carbocycles. The highest BCUT2D eigenvalue weighted by Crippen LogP contribution is 2.25. The van der Waals surface area contributed by atoms with Crippen LogP contribution < -0.4 is 15.5 Å². The second-order valence-electron chi connectivity index (χ2n) is 5.23. The number of aliphatic imine (C=N–C) groups is 1. The normalized spacial score (nSPS) is 17.8. The van der Waals surface area contributed by atoms with E-state index in [1.54, 1.807) is 6.20 Å². The lowest BCUT2D eigenvalue weighted by Crippen LogP contribution is -2.45. The van der Waals surface area contributed by atoms with E-state index in [2.05, 4.69) is 31.8 Å². The minimum atomic E-state index is 0. The summed E-state index contributed by atoms with van der Waals surface area (Å²) in [6.45, 7) is 2.79. The molecule has 1 unspecified atom stereocenters. The van der Waals surface area contributed by atoms with Crippen LogP contribution in [0.2, 0.25) is 5.02 Å². The number of aromatic nitrogens is 1. The molecule has 23 heavy (non-hydrogen) atoms. The van der Waals surface area contributed by atoms with Gasteiger partial charge in [0, 0.05) is 38.9 Å². The van der Waals surface area contributed by atoms with Crippen LogP contribution in [-0.2, 0) is 0 Å². The van der Waals surface area contributed by atoms with Gasteiger partial charge in [-0.2, -0.15) is 11.8 Å². The van der Waals surface area contributed by atoms with Gasteiger partial charge in [-0.05, 0) is 37.0 Å². The molecule has 2 N–H and O–H groups in total. The third kappa shape index (κ3) is 6.54. The third-order valence-corrected chi connectivity index (χ3v) is 4.60. The van der Waals surface area contributed by atoms with E-state index in [1.807, 2.05) is 30.9 Å². The number of rotatable bonds is 6. The summed E-state index contributed by atoms with van der Waals surface area (Å²) in [5, 5.41) is 7.55. The van der Waals surface area contributed by atoms with E-state index in [-0.39, 0.29) is 24.0 Å². The third-order valence-electron chi connectivity index (χ3n) is 3.61. The van der Waals surface area contributed by atoms with E-state index in [0.717, 1.165) is 44.3 Å². The molecule has 0 radical (unpaired) electrons. The lowest BCUT2D eigenvalue weighted by Gasteiger charge is -2.20. The standard InChI is InChI=1S/C15H24ClN5S.HI/c1-17-15(19-8-4-10-22-2)20-12-6-9-21(11-12)14-13(16)5-3-7-18-14;/h3,5,7,12H,4,6,8-11H2,1-2H3,(H2,17,19,20);1H. The van der Waals surface area contributed by atoms with Crippen molar-refractivity contribution in [1.29, 1.82) is 0 Å². The fraction of sp³-hybridized carbons (Fsp3) is 0.600. The summed E-state index contributed by atoms with van der Waals surface area (Å²) < 4.78 is 0. The predicted molar refractivity (Wildman–Crippen MR) is 113 cm³/mol. The van der Waals surface area contributed by atoms with Crippen LogP contribution in [0.5, 0.6) is 0 Å². The zero-order valence-electron chi connectivity index (χ0n) is 13.6. The summed E-state index contributed by atoms with van der Waals surface area (Å²) in [6, 6.07) is 4.11. The number of pyridine rings is 1. The van der Waals surface area contributed by atoms with E-state index in [0.29, 0.717) is 11.1 Å². The molecule has 0 spiro atoms. The summed E-state index contributed by atoms with van der Waals surface area (Å²) in [5.74, 6) is 2.91. The van der Waals surface area contributed by atoms with E-state index in [4.69, 9.17) is 11.6 Å². The number of thioether (sulfide) groups is 1. The predicted octanol–water partition coefficient (Wildman–Crippen LogP) is 2.85. The van der Waals surface area contributed by atoms with Crippen molar-refractivity contribution in [1.82, 2.24) is 15.6 Å². The summed E-state index contributed by atoms with van der Waals surface area (Å²) >= 11 is 8.09. The van der Waals surface area contributed by atoms with E-state index >= 15 is 0 Å². The van der Waals surface area contributed by atoms with Crippen molar-refractivity contribution in [2.75, 3.05) is 43.6 Å². The van der Waals surface area contributed by atoms with Gasteiger partial charge >= 0.3 is 0 Å². The van der Waals surface area contributed by atoms with Crippen molar-refractivity contribution in [2.45, 2.75) is 18.9 Å². The Balaban J connectivity index is 0.00000264. The Kier molecular flexibility index (Phi) is 10.0. The second kappa shape index (κ2) is 11.2. The largest absolute Gasteiger partial charge is 0.356 e. The van der Waals surface area contributed by atoms with Crippen LogP contribution in [-0.4, -0.2) is 55.7 Å². The van der Waals surface area contributed by atoms with Crippen molar-refractivity contribution in [2.24, 2.45) is 4.99 Å². The maximum Gasteiger partial charge on any atom is 0.191 e. The number of anilines is 1. The molecule has 2 heterocycles. The number of nitrogens with one attached hydrogen (secondary N) is 2. The number of hydrogen-bond acceptors (Lipinski definition) is 4. The molecule has 1 fully saturated rings. The highest BCUT2D eigenvalue weighted by Gasteiger charge is 2.25. The molecule has 1 aromatic rings. The first kappa shape index (κ1) is 20.6. The fourth-order valence-corrected chi connectivity index (χ4v) is 3.17. The maximum absolute atomic E-state index is 6.22. The number of nitrogens with zero attached hydrogens (tertiary/aromatic N) is 3. The Morgan fingerprint density at radius 2 is 2.39 bits per heavy atom. The van der Waals surface area contributed by atoms with Crippen LogP contribution in [0.1, 0.15) is 12.8 Å². The SMILES string of the molecule is CN=C(NCCCSC)NC1CCN(c2ncccc2Cl)C1.I. The smallest absolute Gasteiger partial charge is 0.191 e. The molecule has 1 aliphatic heterocycles. The van der Waals surface area contributed by atoms with Gasteiger partial charge in [0.25, 0.3) is 0 Å². The lowest BCUT2D eigenvalue weighted by molar-refractivity contribution is 0.647. The Hall–Kier alpha value is -0.410. The first-order valence-corrected chi connectivity index (χ1v) is 9.33. The van der Waals surface area contributed by atoms with Crippen LogP contribution in [0, 0.1) is 0 Å². The van der Waals surface area contributed by atoms with Gasteiger partial charge in [0.05, 0.1) is 5.02 Å². The van der Waals surface area contributed by atoms with Crippen LogP contribution in [0.25, 0.3) is 0 Å². The molecule has 2 rings (SSSR count). The average Bonchev–Trinajstić information content (AvgIpc) is 2.99. The van der Waals surface area contributed by atoms with Crippen molar-refractivity contribution >= 4 is 59.1 Å². The zero-order chi connectivity index (χ0) is 15.8. The molecular formula is C15H25ClIN5S. The molecule has 0 bridgehead atoms. The molecule has 0 aliphatic carbocycles. The molecule has 0 aromatic carbocycles. The van der Waals surface area contributed by atoms with Gasteiger partial charge in [0.2, 0.25) is 0 Å². The minimum absolute atomic E-state index is 0. The van der Waals surface area contributed by atoms with E-state index < -0.39 is 0 Å². The Morgan fingerprint density at radius 3 is 3.09 bits per heavy atom. The summed E-state index contributed by atoms with van der Waals surface area (Å²) in [5.41, 5.74) is 0. The first-order valence-electron chi connectivity index (χ1n) is 7.56. The van der Waals surface area contributed by atoms with Gasteiger partial charge < -0.3 is 15.5 Å². The van der Waals surface area contributed by atoms with Crippen molar-refractivity contribution in [3.05, 3.63) is 23.4 Å². The molecule has 1 aliphatic rings. The fourth-order valence-electron chi connectivity index (χ4n) is 2.49. The molecule has 1 aromatic heterocycles. The Bertz CT molecular complexity index is 503. The molecule has 1 atom stereocenters. The van der Waals surface area contributed by atoms with Crippen molar-refractivity contribution in [3.63, 3.8) is 0 Å². The van der Waals surface area contributed by atoms with E-state index in [9.17, 15) is 0 Å². The van der Waals surface area contributed by atoms with Crippen LogP contribution >= 0.6 is 47.3 Å². The Morgan fingerprint density at radius 1 is 1.57 bits per heavy atom. The van der Waals surface area contributed by atoms with Gasteiger partial charge in [-0.3, -0.25) is 4.99 Å². The summed E-state index contributed by atoms with van der Waals surface area (Å²) in [7, 11) is 1.81. The van der Waals surface area contributed by atoms with Gasteiger partial charge in [0.1, 0.15) is 5.82 Å². The molecule has 0 amide bonds. The summed E-state index contributed by atoms with van der Waals surface area (Å²) in [6.07, 6.45) is 6.11. The van der Waals surface area contributed by atoms with Crippen LogP contribution in [0.3, 0.4) is 0 Å². The molecule has 1 saturated heterocycles.